The van der Waals surface area contributed by atoms with Crippen LogP contribution in [-0.2, 0) is 6.42 Å². The highest BCUT2D eigenvalue weighted by atomic mass is 16.2. The van der Waals surface area contributed by atoms with E-state index in [4.69, 9.17) is 5.10 Å². The molecule has 168 valence electrons. The van der Waals surface area contributed by atoms with Crippen molar-refractivity contribution in [1.82, 2.24) is 34.3 Å². The Labute approximate surface area is 188 Å². The van der Waals surface area contributed by atoms with Gasteiger partial charge in [0.15, 0.2) is 5.65 Å². The lowest BCUT2D eigenvalue weighted by Gasteiger charge is -2.42. The third-order valence-corrected chi connectivity index (χ3v) is 6.82. The van der Waals surface area contributed by atoms with E-state index in [0.717, 1.165) is 49.7 Å². The Morgan fingerprint density at radius 2 is 1.81 bits per heavy atom. The molecule has 2 fully saturated rings. The number of carbonyl (C=O) groups excluding carboxylic acids is 1. The molecule has 5 heterocycles. The van der Waals surface area contributed by atoms with Gasteiger partial charge in [-0.2, -0.15) is 5.10 Å². The summed E-state index contributed by atoms with van der Waals surface area (Å²) in [6.45, 7) is 7.82. The number of fused-ring (bicyclic) bond motifs is 1. The lowest BCUT2D eigenvalue weighted by molar-refractivity contribution is 0.0471. The zero-order valence-electron chi connectivity index (χ0n) is 18.9. The molecule has 32 heavy (non-hydrogen) atoms. The van der Waals surface area contributed by atoms with E-state index in [-0.39, 0.29) is 5.91 Å². The zero-order chi connectivity index (χ0) is 22.1. The van der Waals surface area contributed by atoms with E-state index in [1.54, 1.807) is 6.20 Å². The molecule has 0 atom stereocenters. The Balaban J connectivity index is 1.32. The monoisotopic (exact) mass is 433 g/mol. The number of nitrogens with zero attached hydrogens (tertiary/aromatic N) is 7. The molecule has 0 spiro atoms. The summed E-state index contributed by atoms with van der Waals surface area (Å²) in [6, 6.07) is 10.2. The lowest BCUT2D eigenvalue weighted by Crippen LogP contribution is -2.54. The molecule has 1 amide bonds. The predicted molar refractivity (Wildman–Crippen MR) is 124 cm³/mol. The molecule has 0 unspecified atom stereocenters. The van der Waals surface area contributed by atoms with Gasteiger partial charge in [-0.3, -0.25) is 14.7 Å². The smallest absolute Gasteiger partial charge is 0.272 e. The van der Waals surface area contributed by atoms with Crippen molar-refractivity contribution in [1.29, 1.82) is 0 Å². The molecule has 0 saturated carbocycles. The third kappa shape index (κ3) is 4.12. The summed E-state index contributed by atoms with van der Waals surface area (Å²) in [4.78, 5) is 29.3. The first kappa shape index (κ1) is 21.0. The Hall–Kier alpha value is -2.84. The molecule has 0 bridgehead atoms. The van der Waals surface area contributed by atoms with E-state index in [2.05, 4.69) is 33.7 Å². The number of pyridine rings is 1. The maximum atomic E-state index is 13.3. The number of aromatic nitrogens is 4. The van der Waals surface area contributed by atoms with Crippen LogP contribution in [0.3, 0.4) is 0 Å². The van der Waals surface area contributed by atoms with E-state index in [0.29, 0.717) is 17.4 Å². The van der Waals surface area contributed by atoms with Crippen LogP contribution in [-0.4, -0.2) is 92.5 Å². The molecule has 0 aromatic carbocycles. The first-order chi connectivity index (χ1) is 15.6. The number of piperidine rings is 1. The average molecular weight is 434 g/mol. The van der Waals surface area contributed by atoms with Crippen molar-refractivity contribution in [2.75, 3.05) is 46.3 Å². The van der Waals surface area contributed by atoms with Crippen LogP contribution < -0.4 is 0 Å². The number of likely N-dealkylation sites (tertiary alicyclic amines) is 1. The topological polar surface area (TPSA) is 69.9 Å². The first-order valence-electron chi connectivity index (χ1n) is 11.7. The van der Waals surface area contributed by atoms with E-state index in [1.807, 2.05) is 39.7 Å². The zero-order valence-corrected chi connectivity index (χ0v) is 18.9. The molecule has 2 aliphatic heterocycles. The van der Waals surface area contributed by atoms with Gasteiger partial charge in [0.25, 0.3) is 5.91 Å². The Morgan fingerprint density at radius 3 is 2.50 bits per heavy atom. The maximum Gasteiger partial charge on any atom is 0.272 e. The fraction of sp³-hybridized carbons (Fsp3) is 0.500. The van der Waals surface area contributed by atoms with E-state index >= 15 is 0 Å². The summed E-state index contributed by atoms with van der Waals surface area (Å²) in [5, 5.41) is 4.69. The van der Waals surface area contributed by atoms with Crippen molar-refractivity contribution in [2.45, 2.75) is 32.2 Å². The number of aryl methyl sites for hydroxylation is 1. The van der Waals surface area contributed by atoms with Gasteiger partial charge >= 0.3 is 0 Å². The molecular formula is C24H31N7O. The van der Waals surface area contributed by atoms with Gasteiger partial charge in [-0.05, 0) is 57.6 Å². The van der Waals surface area contributed by atoms with Gasteiger partial charge in [0.1, 0.15) is 11.4 Å². The standard InChI is InChI=1S/C24H31N7O/c1-3-18-16-22(26-23-17-21(27-31(18)23)20-6-4-5-9-25-20)24(32)30-14-12-29(13-15-30)19-7-10-28(2)11-8-19/h4-6,9,16-17,19H,3,7-8,10-15H2,1-2H3. The Bertz CT molecular complexity index is 1080. The van der Waals surface area contributed by atoms with Crippen LogP contribution in [0.25, 0.3) is 17.0 Å². The quantitative estimate of drug-likeness (QED) is 0.628. The highest BCUT2D eigenvalue weighted by Gasteiger charge is 2.29. The fourth-order valence-electron chi connectivity index (χ4n) is 4.85. The minimum atomic E-state index is 0.0193. The van der Waals surface area contributed by atoms with Crippen LogP contribution >= 0.6 is 0 Å². The van der Waals surface area contributed by atoms with Crippen molar-refractivity contribution in [3.05, 3.63) is 47.9 Å². The lowest BCUT2D eigenvalue weighted by atomic mass is 10.0. The van der Waals surface area contributed by atoms with Crippen LogP contribution in [0.4, 0.5) is 0 Å². The summed E-state index contributed by atoms with van der Waals surface area (Å²) in [7, 11) is 2.20. The molecule has 3 aromatic rings. The minimum Gasteiger partial charge on any atom is -0.335 e. The van der Waals surface area contributed by atoms with Crippen LogP contribution in [0.15, 0.2) is 36.5 Å². The molecule has 0 aliphatic carbocycles. The van der Waals surface area contributed by atoms with Gasteiger partial charge in [-0.15, -0.1) is 0 Å². The van der Waals surface area contributed by atoms with E-state index < -0.39 is 0 Å². The Morgan fingerprint density at radius 1 is 1.03 bits per heavy atom. The largest absolute Gasteiger partial charge is 0.335 e. The van der Waals surface area contributed by atoms with Gasteiger partial charge in [-0.25, -0.2) is 9.50 Å². The normalized spacial score (nSPS) is 19.0. The SMILES string of the molecule is CCc1cc(C(=O)N2CCN(C3CCN(C)CC3)CC2)nc2cc(-c3ccccn3)nn12. The van der Waals surface area contributed by atoms with Crippen molar-refractivity contribution >= 4 is 11.6 Å². The second-order valence-electron chi connectivity index (χ2n) is 8.86. The number of carbonyl (C=O) groups is 1. The van der Waals surface area contributed by atoms with Crippen LogP contribution in [0.5, 0.6) is 0 Å². The van der Waals surface area contributed by atoms with Crippen LogP contribution in [0, 0.1) is 0 Å². The molecule has 5 rings (SSSR count). The molecule has 8 heteroatoms. The van der Waals surface area contributed by atoms with Crippen molar-refractivity contribution in [3.8, 4) is 11.4 Å². The number of piperazine rings is 1. The summed E-state index contributed by atoms with van der Waals surface area (Å²) in [5.74, 6) is 0.0193. The van der Waals surface area contributed by atoms with Crippen LogP contribution in [0.1, 0.15) is 35.9 Å². The summed E-state index contributed by atoms with van der Waals surface area (Å²) in [5.41, 5.74) is 3.75. The van der Waals surface area contributed by atoms with Gasteiger partial charge < -0.3 is 9.80 Å². The highest BCUT2D eigenvalue weighted by Crippen LogP contribution is 2.21. The molecular weight excluding hydrogens is 402 g/mol. The minimum absolute atomic E-state index is 0.0193. The second kappa shape index (κ2) is 8.96. The number of hydrogen-bond donors (Lipinski definition) is 0. The molecule has 2 aliphatic rings. The number of rotatable bonds is 4. The van der Waals surface area contributed by atoms with Crippen molar-refractivity contribution in [2.24, 2.45) is 0 Å². The van der Waals surface area contributed by atoms with E-state index in [9.17, 15) is 4.79 Å². The van der Waals surface area contributed by atoms with E-state index in [1.165, 1.54) is 25.9 Å². The predicted octanol–water partition coefficient (Wildman–Crippen LogP) is 2.21. The highest BCUT2D eigenvalue weighted by molar-refractivity contribution is 5.93. The van der Waals surface area contributed by atoms with Crippen molar-refractivity contribution in [3.63, 3.8) is 0 Å². The van der Waals surface area contributed by atoms with Gasteiger partial charge in [0.05, 0.1) is 5.69 Å². The van der Waals surface area contributed by atoms with Gasteiger partial charge in [-0.1, -0.05) is 13.0 Å². The summed E-state index contributed by atoms with van der Waals surface area (Å²) < 4.78 is 1.83. The van der Waals surface area contributed by atoms with Gasteiger partial charge in [0.2, 0.25) is 0 Å². The third-order valence-electron chi connectivity index (χ3n) is 6.82. The summed E-state index contributed by atoms with van der Waals surface area (Å²) in [6.07, 6.45) is 4.98. The molecule has 2 saturated heterocycles. The number of amides is 1. The number of hydrogen-bond acceptors (Lipinski definition) is 6. The average Bonchev–Trinajstić information content (AvgIpc) is 3.28. The van der Waals surface area contributed by atoms with Crippen molar-refractivity contribution < 1.29 is 4.79 Å². The fourth-order valence-corrected chi connectivity index (χ4v) is 4.85. The Kier molecular flexibility index (Phi) is 5.89. The van der Waals surface area contributed by atoms with Gasteiger partial charge in [0, 0.05) is 50.2 Å². The second-order valence-corrected chi connectivity index (χ2v) is 8.86. The maximum absolute atomic E-state index is 13.3. The molecule has 0 N–H and O–H groups in total. The summed E-state index contributed by atoms with van der Waals surface area (Å²) >= 11 is 0. The molecule has 3 aromatic heterocycles. The molecule has 8 nitrogen and oxygen atoms in total. The first-order valence-corrected chi connectivity index (χ1v) is 11.7. The van der Waals surface area contributed by atoms with Crippen LogP contribution in [0.2, 0.25) is 0 Å². The molecule has 0 radical (unpaired) electrons.